The second kappa shape index (κ2) is 6.83. The van der Waals surface area contributed by atoms with Crippen LogP contribution in [0, 0.1) is 11.3 Å². The lowest BCUT2D eigenvalue weighted by atomic mass is 9.82. The van der Waals surface area contributed by atoms with Gasteiger partial charge in [0.25, 0.3) is 0 Å². The minimum atomic E-state index is 0.320. The van der Waals surface area contributed by atoms with Gasteiger partial charge in [0.15, 0.2) is 0 Å². The van der Waals surface area contributed by atoms with Crippen molar-refractivity contribution in [2.24, 2.45) is 11.3 Å². The molecule has 1 rings (SSSR count). The first kappa shape index (κ1) is 15.1. The van der Waals surface area contributed by atoms with Crippen LogP contribution in [0.4, 0.5) is 0 Å². The maximum absolute atomic E-state index is 4.42. The predicted molar refractivity (Wildman–Crippen MR) is 76.3 cm³/mol. The lowest BCUT2D eigenvalue weighted by Crippen LogP contribution is -2.25. The van der Waals surface area contributed by atoms with Crippen molar-refractivity contribution in [2.75, 3.05) is 6.54 Å². The lowest BCUT2D eigenvalue weighted by molar-refractivity contribution is 0.275. The fourth-order valence-corrected chi connectivity index (χ4v) is 2.58. The third-order valence-electron chi connectivity index (χ3n) is 2.99. The summed E-state index contributed by atoms with van der Waals surface area (Å²) in [6.07, 6.45) is 7.72. The largest absolute Gasteiger partial charge is 0.309 e. The van der Waals surface area contributed by atoms with Crippen LogP contribution in [0.2, 0.25) is 0 Å². The molecule has 0 aliphatic carbocycles. The van der Waals surface area contributed by atoms with E-state index in [-0.39, 0.29) is 0 Å². The molecule has 0 fully saturated rings. The molecule has 0 saturated carbocycles. The smallest absolute Gasteiger partial charge is 0.0756 e. The van der Waals surface area contributed by atoms with E-state index < -0.39 is 0 Å². The summed E-state index contributed by atoms with van der Waals surface area (Å²) in [7, 11) is 0. The van der Waals surface area contributed by atoms with Gasteiger partial charge in [-0.1, -0.05) is 34.6 Å². The molecule has 1 heterocycles. The van der Waals surface area contributed by atoms with E-state index in [0.717, 1.165) is 18.7 Å². The van der Waals surface area contributed by atoms with Gasteiger partial charge in [-0.15, -0.1) is 0 Å². The molecule has 0 spiro atoms. The molecule has 0 radical (unpaired) electrons. The summed E-state index contributed by atoms with van der Waals surface area (Å²) < 4.78 is 0. The highest BCUT2D eigenvalue weighted by molar-refractivity contribution is 5.02. The van der Waals surface area contributed by atoms with Crippen molar-refractivity contribution >= 4 is 0 Å². The van der Waals surface area contributed by atoms with E-state index >= 15 is 0 Å². The molecule has 2 atom stereocenters. The molecule has 2 unspecified atom stereocenters. The third-order valence-corrected chi connectivity index (χ3v) is 2.99. The standard InChI is InChI=1S/C15H27N3/c1-6-17-13(14-11-16-7-8-18-14)9-12(2)10-15(3,4)5/h7-8,11-13,17H,6,9-10H2,1-5H3. The summed E-state index contributed by atoms with van der Waals surface area (Å²) in [6.45, 7) is 12.3. The number of hydrogen-bond donors (Lipinski definition) is 1. The van der Waals surface area contributed by atoms with E-state index in [9.17, 15) is 0 Å². The van der Waals surface area contributed by atoms with E-state index in [1.165, 1.54) is 6.42 Å². The molecule has 3 heteroatoms. The van der Waals surface area contributed by atoms with Gasteiger partial charge in [0.1, 0.15) is 0 Å². The van der Waals surface area contributed by atoms with Crippen LogP contribution in [0.15, 0.2) is 18.6 Å². The summed E-state index contributed by atoms with van der Waals surface area (Å²) >= 11 is 0. The number of nitrogens with zero attached hydrogens (tertiary/aromatic N) is 2. The van der Waals surface area contributed by atoms with Crippen LogP contribution >= 0.6 is 0 Å². The zero-order valence-corrected chi connectivity index (χ0v) is 12.4. The van der Waals surface area contributed by atoms with Gasteiger partial charge >= 0.3 is 0 Å². The highest BCUT2D eigenvalue weighted by atomic mass is 14.9. The van der Waals surface area contributed by atoms with Crippen LogP contribution in [0.25, 0.3) is 0 Å². The molecule has 18 heavy (non-hydrogen) atoms. The second-order valence-electron chi connectivity index (χ2n) is 6.35. The Morgan fingerprint density at radius 2 is 2.00 bits per heavy atom. The maximum Gasteiger partial charge on any atom is 0.0756 e. The molecule has 0 bridgehead atoms. The number of aromatic nitrogens is 2. The molecular weight excluding hydrogens is 222 g/mol. The Morgan fingerprint density at radius 1 is 1.28 bits per heavy atom. The molecule has 0 aliphatic heterocycles. The van der Waals surface area contributed by atoms with Gasteiger partial charge < -0.3 is 5.32 Å². The Hall–Kier alpha value is -0.960. The average molecular weight is 249 g/mol. The molecule has 0 saturated heterocycles. The summed E-state index contributed by atoms with van der Waals surface area (Å²) in [5.41, 5.74) is 1.44. The van der Waals surface area contributed by atoms with Crippen molar-refractivity contribution in [1.82, 2.24) is 15.3 Å². The van der Waals surface area contributed by atoms with E-state index in [2.05, 4.69) is 49.9 Å². The zero-order chi connectivity index (χ0) is 13.6. The molecule has 1 aromatic heterocycles. The predicted octanol–water partition coefficient (Wildman–Crippen LogP) is 3.59. The van der Waals surface area contributed by atoms with Crippen LogP contribution in [0.3, 0.4) is 0 Å². The van der Waals surface area contributed by atoms with Crippen LogP contribution in [0.1, 0.15) is 59.2 Å². The van der Waals surface area contributed by atoms with Crippen molar-refractivity contribution in [3.63, 3.8) is 0 Å². The van der Waals surface area contributed by atoms with E-state index in [4.69, 9.17) is 0 Å². The van der Waals surface area contributed by atoms with Gasteiger partial charge in [-0.3, -0.25) is 9.97 Å². The highest BCUT2D eigenvalue weighted by Crippen LogP contribution is 2.29. The fraction of sp³-hybridized carbons (Fsp3) is 0.733. The minimum Gasteiger partial charge on any atom is -0.309 e. The second-order valence-corrected chi connectivity index (χ2v) is 6.35. The Labute approximate surface area is 111 Å². The topological polar surface area (TPSA) is 37.8 Å². The lowest BCUT2D eigenvalue weighted by Gasteiger charge is -2.26. The van der Waals surface area contributed by atoms with E-state index in [0.29, 0.717) is 17.4 Å². The van der Waals surface area contributed by atoms with Crippen molar-refractivity contribution in [3.8, 4) is 0 Å². The van der Waals surface area contributed by atoms with Gasteiger partial charge in [-0.2, -0.15) is 0 Å². The molecule has 3 nitrogen and oxygen atoms in total. The van der Waals surface area contributed by atoms with Gasteiger partial charge in [0, 0.05) is 18.6 Å². The highest BCUT2D eigenvalue weighted by Gasteiger charge is 2.20. The third kappa shape index (κ3) is 5.58. The number of hydrogen-bond acceptors (Lipinski definition) is 3. The quantitative estimate of drug-likeness (QED) is 0.837. The molecule has 102 valence electrons. The van der Waals surface area contributed by atoms with Crippen molar-refractivity contribution in [1.29, 1.82) is 0 Å². The number of nitrogens with one attached hydrogen (secondary N) is 1. The SMILES string of the molecule is CCNC(CC(C)CC(C)(C)C)c1cnccn1. The summed E-state index contributed by atoms with van der Waals surface area (Å²) in [5, 5.41) is 3.51. The Balaban J connectivity index is 2.64. The van der Waals surface area contributed by atoms with E-state index in [1.54, 1.807) is 12.4 Å². The molecular formula is C15H27N3. The molecule has 1 aromatic rings. The number of rotatable bonds is 6. The van der Waals surface area contributed by atoms with Crippen molar-refractivity contribution in [2.45, 2.75) is 53.5 Å². The molecule has 0 aromatic carbocycles. The van der Waals surface area contributed by atoms with Crippen LogP contribution in [0.5, 0.6) is 0 Å². The van der Waals surface area contributed by atoms with E-state index in [1.807, 2.05) is 6.20 Å². The summed E-state index contributed by atoms with van der Waals surface area (Å²) in [6, 6.07) is 0.320. The Bertz CT molecular complexity index is 329. The van der Waals surface area contributed by atoms with Crippen LogP contribution in [-0.4, -0.2) is 16.5 Å². The Morgan fingerprint density at radius 3 is 2.50 bits per heavy atom. The van der Waals surface area contributed by atoms with Crippen molar-refractivity contribution < 1.29 is 0 Å². The molecule has 0 amide bonds. The van der Waals surface area contributed by atoms with Gasteiger partial charge in [0.05, 0.1) is 11.7 Å². The molecule has 0 aliphatic rings. The van der Waals surface area contributed by atoms with Gasteiger partial charge in [0.2, 0.25) is 0 Å². The first-order valence-corrected chi connectivity index (χ1v) is 6.91. The minimum absolute atomic E-state index is 0.320. The first-order valence-electron chi connectivity index (χ1n) is 6.91. The fourth-order valence-electron chi connectivity index (χ4n) is 2.58. The average Bonchev–Trinajstić information content (AvgIpc) is 2.27. The molecule has 1 N–H and O–H groups in total. The van der Waals surface area contributed by atoms with Gasteiger partial charge in [-0.25, -0.2) is 0 Å². The van der Waals surface area contributed by atoms with Crippen LogP contribution < -0.4 is 5.32 Å². The Kier molecular flexibility index (Phi) is 5.73. The van der Waals surface area contributed by atoms with Crippen molar-refractivity contribution in [3.05, 3.63) is 24.3 Å². The summed E-state index contributed by atoms with van der Waals surface area (Å²) in [5.74, 6) is 0.677. The first-order chi connectivity index (χ1) is 8.42. The maximum atomic E-state index is 4.42. The monoisotopic (exact) mass is 249 g/mol. The van der Waals surface area contributed by atoms with Gasteiger partial charge in [-0.05, 0) is 30.7 Å². The zero-order valence-electron chi connectivity index (χ0n) is 12.4. The summed E-state index contributed by atoms with van der Waals surface area (Å²) in [4.78, 5) is 8.59. The van der Waals surface area contributed by atoms with Crippen LogP contribution in [-0.2, 0) is 0 Å². The normalized spacial score (nSPS) is 15.4.